The summed E-state index contributed by atoms with van der Waals surface area (Å²) >= 11 is 0. The lowest BCUT2D eigenvalue weighted by atomic mass is 9.98. The summed E-state index contributed by atoms with van der Waals surface area (Å²) in [4.78, 5) is 53.1. The van der Waals surface area contributed by atoms with E-state index in [0.717, 1.165) is 11.3 Å². The summed E-state index contributed by atoms with van der Waals surface area (Å²) in [6, 6.07) is 12.3. The van der Waals surface area contributed by atoms with Gasteiger partial charge < -0.3 is 24.6 Å². The molecule has 4 heterocycles. The number of carbonyl (C=O) groups is 3. The average molecular weight is 559 g/mol. The molecule has 2 aromatic heterocycles. The molecule has 11 nitrogen and oxygen atoms in total. The molecule has 0 atom stereocenters. The molecule has 0 unspecified atom stereocenters. The van der Waals surface area contributed by atoms with Gasteiger partial charge in [0.2, 0.25) is 0 Å². The number of carbonyl (C=O) groups excluding carboxylic acids is 3. The van der Waals surface area contributed by atoms with Crippen molar-refractivity contribution in [3.8, 4) is 5.75 Å². The number of aromatic nitrogens is 2. The topological polar surface area (TPSA) is 117 Å². The third-order valence-corrected chi connectivity index (χ3v) is 6.95. The van der Waals surface area contributed by atoms with Crippen LogP contribution in [0.15, 0.2) is 54.9 Å². The number of pyridine rings is 2. The van der Waals surface area contributed by atoms with E-state index >= 15 is 0 Å². The third-order valence-electron chi connectivity index (χ3n) is 6.95. The molecule has 214 valence electrons. The van der Waals surface area contributed by atoms with Crippen molar-refractivity contribution in [2.24, 2.45) is 0 Å². The molecule has 0 aliphatic carbocycles. The van der Waals surface area contributed by atoms with Crippen LogP contribution in [0.2, 0.25) is 0 Å². The van der Waals surface area contributed by atoms with Crippen molar-refractivity contribution in [3.63, 3.8) is 0 Å². The largest absolute Gasteiger partial charge is 0.497 e. The predicted octanol–water partition coefficient (Wildman–Crippen LogP) is 4.00. The molecule has 2 aliphatic rings. The van der Waals surface area contributed by atoms with E-state index in [1.165, 1.54) is 0 Å². The van der Waals surface area contributed by atoms with Crippen LogP contribution >= 0.6 is 0 Å². The van der Waals surface area contributed by atoms with Crippen LogP contribution in [0.3, 0.4) is 0 Å². The Morgan fingerprint density at radius 1 is 1.00 bits per heavy atom. The van der Waals surface area contributed by atoms with E-state index in [1.807, 2.05) is 32.9 Å². The molecular weight excluding hydrogens is 524 g/mol. The Labute approximate surface area is 239 Å². The minimum absolute atomic E-state index is 0.168. The minimum Gasteiger partial charge on any atom is -0.497 e. The molecule has 0 spiro atoms. The van der Waals surface area contributed by atoms with Gasteiger partial charge in [-0.3, -0.25) is 19.5 Å². The van der Waals surface area contributed by atoms with Crippen molar-refractivity contribution in [1.82, 2.24) is 14.9 Å². The van der Waals surface area contributed by atoms with Crippen molar-refractivity contribution in [3.05, 3.63) is 71.7 Å². The number of amides is 3. The number of rotatable bonds is 5. The monoisotopic (exact) mass is 558 g/mol. The number of ether oxygens (including phenoxy) is 2. The number of hydrogen-bond donors (Lipinski definition) is 1. The van der Waals surface area contributed by atoms with Crippen LogP contribution in [0.25, 0.3) is 0 Å². The average Bonchev–Trinajstić information content (AvgIpc) is 2.96. The first-order valence-corrected chi connectivity index (χ1v) is 13.6. The number of nitrogens with zero attached hydrogens (tertiary/aromatic N) is 5. The van der Waals surface area contributed by atoms with Crippen molar-refractivity contribution >= 4 is 35.1 Å². The van der Waals surface area contributed by atoms with Crippen LogP contribution in [0.1, 0.15) is 47.2 Å². The fourth-order valence-electron chi connectivity index (χ4n) is 4.91. The van der Waals surface area contributed by atoms with Gasteiger partial charge in [-0.05, 0) is 69.2 Å². The zero-order valence-corrected chi connectivity index (χ0v) is 23.7. The highest BCUT2D eigenvalue weighted by molar-refractivity contribution is 6.09. The maximum Gasteiger partial charge on any atom is 0.410 e. The number of methoxy groups -OCH3 is 1. The Balaban J connectivity index is 1.27. The van der Waals surface area contributed by atoms with E-state index in [4.69, 9.17) is 9.47 Å². The SMILES string of the molecule is COc1ccc2c(c1)CCN(c1cccc(C(=O)Nc3cnccc3N3CCN(C(=O)OC(C)(C)C)CC3)n1)C2=O. The highest BCUT2D eigenvalue weighted by Crippen LogP contribution is 2.28. The Kier molecular flexibility index (Phi) is 7.78. The summed E-state index contributed by atoms with van der Waals surface area (Å²) < 4.78 is 10.8. The molecule has 0 radical (unpaired) electrons. The number of fused-ring (bicyclic) bond motifs is 1. The van der Waals surface area contributed by atoms with Crippen molar-refractivity contribution in [2.45, 2.75) is 32.8 Å². The molecule has 1 N–H and O–H groups in total. The van der Waals surface area contributed by atoms with E-state index < -0.39 is 11.5 Å². The summed E-state index contributed by atoms with van der Waals surface area (Å²) in [5, 5.41) is 2.93. The first kappa shape index (κ1) is 27.9. The molecule has 3 aromatic rings. The molecule has 0 bridgehead atoms. The summed E-state index contributed by atoms with van der Waals surface area (Å²) in [5.74, 6) is 0.539. The van der Waals surface area contributed by atoms with Crippen LogP contribution in [-0.4, -0.2) is 78.2 Å². The molecule has 11 heteroatoms. The molecule has 1 aromatic carbocycles. The van der Waals surface area contributed by atoms with Gasteiger partial charge in [0.05, 0.1) is 24.7 Å². The summed E-state index contributed by atoms with van der Waals surface area (Å²) in [6.45, 7) is 8.12. The third kappa shape index (κ3) is 6.24. The Hall–Kier alpha value is -4.67. The van der Waals surface area contributed by atoms with Gasteiger partial charge >= 0.3 is 6.09 Å². The number of anilines is 3. The minimum atomic E-state index is -0.554. The van der Waals surface area contributed by atoms with Crippen LogP contribution in [0.5, 0.6) is 5.75 Å². The molecule has 5 rings (SSSR count). The Morgan fingerprint density at radius 2 is 1.78 bits per heavy atom. The van der Waals surface area contributed by atoms with Crippen molar-refractivity contribution in [2.75, 3.05) is 55.0 Å². The summed E-state index contributed by atoms with van der Waals surface area (Å²) in [7, 11) is 1.60. The van der Waals surface area contributed by atoms with Gasteiger partial charge in [-0.1, -0.05) is 6.07 Å². The van der Waals surface area contributed by atoms with Gasteiger partial charge in [0.1, 0.15) is 22.9 Å². The lowest BCUT2D eigenvalue weighted by molar-refractivity contribution is 0.0240. The lowest BCUT2D eigenvalue weighted by Gasteiger charge is -2.37. The predicted molar refractivity (Wildman–Crippen MR) is 155 cm³/mol. The number of benzene rings is 1. The van der Waals surface area contributed by atoms with E-state index in [9.17, 15) is 14.4 Å². The molecule has 3 amide bonds. The fraction of sp³-hybridized carbons (Fsp3) is 0.367. The van der Waals surface area contributed by atoms with Crippen LogP contribution in [0.4, 0.5) is 22.0 Å². The number of hydrogen-bond acceptors (Lipinski definition) is 8. The summed E-state index contributed by atoms with van der Waals surface area (Å²) in [6.07, 6.45) is 3.58. The van der Waals surface area contributed by atoms with E-state index in [2.05, 4.69) is 20.2 Å². The van der Waals surface area contributed by atoms with Crippen molar-refractivity contribution in [1.29, 1.82) is 0 Å². The molecule has 41 heavy (non-hydrogen) atoms. The number of nitrogens with one attached hydrogen (secondary N) is 1. The molecular formula is C30H34N6O5. The Morgan fingerprint density at radius 3 is 2.51 bits per heavy atom. The normalized spacial score (nSPS) is 15.3. The van der Waals surface area contributed by atoms with E-state index in [-0.39, 0.29) is 17.7 Å². The lowest BCUT2D eigenvalue weighted by Crippen LogP contribution is -2.50. The molecule has 0 saturated carbocycles. The van der Waals surface area contributed by atoms with Gasteiger partial charge in [0.15, 0.2) is 0 Å². The second-order valence-electron chi connectivity index (χ2n) is 10.9. The standard InChI is InChI=1S/C30H34N6O5/c1-30(2,3)41-29(39)35-16-14-34(15-17-35)25-10-12-31-19-24(25)33-27(37)23-6-5-7-26(32-23)36-13-11-20-18-21(40-4)8-9-22(20)28(36)38/h5-10,12,18-19H,11,13-17H2,1-4H3,(H,33,37). The maximum absolute atomic E-state index is 13.3. The molecule has 1 saturated heterocycles. The van der Waals surface area contributed by atoms with Gasteiger partial charge in [0, 0.05) is 44.5 Å². The van der Waals surface area contributed by atoms with Gasteiger partial charge in [-0.15, -0.1) is 0 Å². The quantitative estimate of drug-likeness (QED) is 0.500. The first-order chi connectivity index (χ1) is 19.6. The van der Waals surface area contributed by atoms with E-state index in [0.29, 0.717) is 62.0 Å². The Bertz CT molecular complexity index is 1460. The van der Waals surface area contributed by atoms with Gasteiger partial charge in [-0.2, -0.15) is 0 Å². The van der Waals surface area contributed by atoms with Crippen LogP contribution in [-0.2, 0) is 11.2 Å². The molecule has 1 fully saturated rings. The smallest absolute Gasteiger partial charge is 0.410 e. The van der Waals surface area contributed by atoms with Crippen LogP contribution in [0, 0.1) is 0 Å². The second-order valence-corrected chi connectivity index (χ2v) is 10.9. The van der Waals surface area contributed by atoms with E-state index in [1.54, 1.807) is 59.6 Å². The molecule has 2 aliphatic heterocycles. The second kappa shape index (κ2) is 11.4. The fourth-order valence-corrected chi connectivity index (χ4v) is 4.91. The zero-order valence-electron chi connectivity index (χ0n) is 23.7. The highest BCUT2D eigenvalue weighted by Gasteiger charge is 2.29. The van der Waals surface area contributed by atoms with Crippen LogP contribution < -0.4 is 19.9 Å². The highest BCUT2D eigenvalue weighted by atomic mass is 16.6. The zero-order chi connectivity index (χ0) is 29.1. The maximum atomic E-state index is 13.3. The number of piperazine rings is 1. The van der Waals surface area contributed by atoms with Crippen molar-refractivity contribution < 1.29 is 23.9 Å². The van der Waals surface area contributed by atoms with Gasteiger partial charge in [-0.25, -0.2) is 9.78 Å². The summed E-state index contributed by atoms with van der Waals surface area (Å²) in [5.41, 5.74) is 2.48. The first-order valence-electron chi connectivity index (χ1n) is 13.6. The van der Waals surface area contributed by atoms with Gasteiger partial charge in [0.25, 0.3) is 11.8 Å².